The molecule has 7 nitrogen and oxygen atoms in total. The summed E-state index contributed by atoms with van der Waals surface area (Å²) < 4.78 is 1.72. The Labute approximate surface area is 218 Å². The van der Waals surface area contributed by atoms with E-state index in [0.717, 1.165) is 30.4 Å². The van der Waals surface area contributed by atoms with Crippen LogP contribution in [0.4, 0.5) is 4.79 Å². The summed E-state index contributed by atoms with van der Waals surface area (Å²) in [6.07, 6.45) is 4.11. The topological polar surface area (TPSA) is 84.5 Å². The molecule has 2 aliphatic rings. The van der Waals surface area contributed by atoms with E-state index in [2.05, 4.69) is 31.0 Å². The molecule has 0 aliphatic carbocycles. The average Bonchev–Trinajstić information content (AvgIpc) is 2.91. The number of urea groups is 1. The summed E-state index contributed by atoms with van der Waals surface area (Å²) in [5.41, 5.74) is 8.90. The quantitative estimate of drug-likeness (QED) is 0.571. The van der Waals surface area contributed by atoms with E-state index in [1.54, 1.807) is 17.0 Å². The molecule has 37 heavy (non-hydrogen) atoms. The van der Waals surface area contributed by atoms with Crippen LogP contribution < -0.4 is 11.3 Å². The van der Waals surface area contributed by atoms with Crippen molar-refractivity contribution >= 4 is 6.03 Å². The minimum absolute atomic E-state index is 0.00562. The maximum Gasteiger partial charge on any atom is 0.320 e. The van der Waals surface area contributed by atoms with Crippen LogP contribution in [0.2, 0.25) is 0 Å². The Hall–Kier alpha value is -3.45. The van der Waals surface area contributed by atoms with Gasteiger partial charge in [-0.05, 0) is 36.2 Å². The molecule has 2 fully saturated rings. The molecule has 0 spiro atoms. The van der Waals surface area contributed by atoms with Gasteiger partial charge >= 0.3 is 6.03 Å². The molecule has 5 rings (SSSR count). The fourth-order valence-corrected chi connectivity index (χ4v) is 5.87. The molecular weight excluding hydrogens is 462 g/mol. The average molecular weight is 500 g/mol. The highest BCUT2D eigenvalue weighted by Gasteiger charge is 2.41. The highest BCUT2D eigenvalue weighted by molar-refractivity contribution is 5.75. The summed E-state index contributed by atoms with van der Waals surface area (Å²) in [6.45, 7) is 7.02. The lowest BCUT2D eigenvalue weighted by molar-refractivity contribution is 0.0391. The third kappa shape index (κ3) is 5.47. The van der Waals surface area contributed by atoms with Crippen LogP contribution in [0.5, 0.6) is 0 Å². The van der Waals surface area contributed by atoms with Crippen LogP contribution in [0, 0.1) is 11.3 Å². The van der Waals surface area contributed by atoms with Crippen molar-refractivity contribution in [3.63, 3.8) is 0 Å². The Kier molecular flexibility index (Phi) is 7.15. The monoisotopic (exact) mass is 499 g/mol. The van der Waals surface area contributed by atoms with Gasteiger partial charge < -0.3 is 15.5 Å². The second-order valence-electron chi connectivity index (χ2n) is 11.2. The van der Waals surface area contributed by atoms with Crippen molar-refractivity contribution in [1.82, 2.24) is 19.4 Å². The molecule has 2 N–H and O–H groups in total. The van der Waals surface area contributed by atoms with Crippen molar-refractivity contribution < 1.29 is 4.79 Å². The van der Waals surface area contributed by atoms with Crippen LogP contribution in [-0.2, 0) is 6.54 Å². The van der Waals surface area contributed by atoms with Crippen LogP contribution in [-0.4, -0.2) is 51.1 Å². The van der Waals surface area contributed by atoms with Crippen molar-refractivity contribution in [2.45, 2.75) is 51.7 Å². The maximum atomic E-state index is 13.8. The molecule has 3 atom stereocenters. The van der Waals surface area contributed by atoms with E-state index in [0.29, 0.717) is 31.9 Å². The number of hydrogen-bond acceptors (Lipinski definition) is 4. The zero-order valence-electron chi connectivity index (χ0n) is 21.8. The summed E-state index contributed by atoms with van der Waals surface area (Å²) in [5.74, 6) is 0.262. The Morgan fingerprint density at radius 1 is 1.03 bits per heavy atom. The summed E-state index contributed by atoms with van der Waals surface area (Å²) in [7, 11) is 0. The van der Waals surface area contributed by atoms with E-state index < -0.39 is 0 Å². The predicted molar refractivity (Wildman–Crippen MR) is 146 cm³/mol. The van der Waals surface area contributed by atoms with E-state index in [9.17, 15) is 9.59 Å². The van der Waals surface area contributed by atoms with Crippen LogP contribution in [0.1, 0.15) is 44.7 Å². The minimum atomic E-state index is -0.139. The lowest BCUT2D eigenvalue weighted by Crippen LogP contribution is -2.56. The lowest BCUT2D eigenvalue weighted by Gasteiger charge is -2.48. The van der Waals surface area contributed by atoms with E-state index in [-0.39, 0.29) is 35.0 Å². The van der Waals surface area contributed by atoms with E-state index in [1.165, 1.54) is 0 Å². The first-order chi connectivity index (χ1) is 17.8. The Balaban J connectivity index is 1.28. The minimum Gasteiger partial charge on any atom is -0.328 e. The second kappa shape index (κ2) is 10.5. The molecule has 1 aromatic heterocycles. The molecule has 1 unspecified atom stereocenters. The molecule has 3 aromatic rings. The number of amides is 2. The van der Waals surface area contributed by atoms with Crippen molar-refractivity contribution in [3.05, 3.63) is 89.0 Å². The SMILES string of the molecule is CC1(C)CN(C(=O)N2CC[C@@H](N)C[C@H]2c2ccccc2)CCC1Cn1cnc(-c2ccccc2)cc1=O. The van der Waals surface area contributed by atoms with Crippen LogP contribution in [0.15, 0.2) is 77.9 Å². The number of carbonyl (C=O) groups excluding carboxylic acids is 1. The molecule has 2 aromatic carbocycles. The van der Waals surface area contributed by atoms with E-state index in [1.807, 2.05) is 58.3 Å². The highest BCUT2D eigenvalue weighted by Crippen LogP contribution is 2.38. The number of nitrogens with two attached hydrogens (primary N) is 1. The fourth-order valence-electron chi connectivity index (χ4n) is 5.87. The number of nitrogens with zero attached hydrogens (tertiary/aromatic N) is 4. The van der Waals surface area contributed by atoms with Gasteiger partial charge in [-0.25, -0.2) is 9.78 Å². The summed E-state index contributed by atoms with van der Waals surface area (Å²) in [4.78, 5) is 35.3. The number of hydrogen-bond donors (Lipinski definition) is 1. The van der Waals surface area contributed by atoms with E-state index in [4.69, 9.17) is 5.73 Å². The molecule has 194 valence electrons. The van der Waals surface area contributed by atoms with Crippen LogP contribution >= 0.6 is 0 Å². The van der Waals surface area contributed by atoms with Gasteiger partial charge in [0.1, 0.15) is 0 Å². The molecule has 2 saturated heterocycles. The molecule has 2 aliphatic heterocycles. The van der Waals surface area contributed by atoms with Gasteiger partial charge in [-0.2, -0.15) is 0 Å². The first-order valence-electron chi connectivity index (χ1n) is 13.3. The molecule has 0 bridgehead atoms. The zero-order valence-corrected chi connectivity index (χ0v) is 21.8. The summed E-state index contributed by atoms with van der Waals surface area (Å²) >= 11 is 0. The van der Waals surface area contributed by atoms with Crippen LogP contribution in [0.25, 0.3) is 11.3 Å². The Morgan fingerprint density at radius 2 is 1.73 bits per heavy atom. The van der Waals surface area contributed by atoms with Gasteiger partial charge in [0, 0.05) is 43.9 Å². The van der Waals surface area contributed by atoms with Gasteiger partial charge in [-0.15, -0.1) is 0 Å². The van der Waals surface area contributed by atoms with Gasteiger partial charge in [0.2, 0.25) is 0 Å². The number of benzene rings is 2. The number of likely N-dealkylation sites (tertiary alicyclic amines) is 2. The number of rotatable bonds is 4. The highest BCUT2D eigenvalue weighted by atomic mass is 16.2. The molecule has 0 saturated carbocycles. The standard InChI is InChI=1S/C30H37N5O2/c1-30(2)20-33(29(37)35-16-14-25(31)17-27(35)23-11-7-4-8-12-23)15-13-24(30)19-34-21-32-26(18-28(34)36)22-9-5-3-6-10-22/h3-12,18,21,24-25,27H,13-17,19-20,31H2,1-2H3/t24?,25-,27+/m1/s1. The largest absolute Gasteiger partial charge is 0.328 e. The second-order valence-corrected chi connectivity index (χ2v) is 11.2. The van der Waals surface area contributed by atoms with Crippen molar-refractivity contribution in [2.75, 3.05) is 19.6 Å². The number of piperidine rings is 2. The zero-order chi connectivity index (χ0) is 26.0. The molecule has 7 heteroatoms. The smallest absolute Gasteiger partial charge is 0.320 e. The number of carbonyl (C=O) groups is 1. The number of aromatic nitrogens is 2. The van der Waals surface area contributed by atoms with Gasteiger partial charge in [-0.1, -0.05) is 74.5 Å². The fraction of sp³-hybridized carbons (Fsp3) is 0.433. The van der Waals surface area contributed by atoms with Crippen molar-refractivity contribution in [3.8, 4) is 11.3 Å². The molecule has 3 heterocycles. The third-order valence-electron chi connectivity index (χ3n) is 8.16. The molecular formula is C30H37N5O2. The molecule has 2 amide bonds. The Bertz CT molecular complexity index is 1270. The third-order valence-corrected chi connectivity index (χ3v) is 8.16. The van der Waals surface area contributed by atoms with Gasteiger partial charge in [0.25, 0.3) is 5.56 Å². The van der Waals surface area contributed by atoms with Crippen LogP contribution in [0.3, 0.4) is 0 Å². The van der Waals surface area contributed by atoms with E-state index >= 15 is 0 Å². The summed E-state index contributed by atoms with van der Waals surface area (Å²) in [5, 5.41) is 0. The predicted octanol–water partition coefficient (Wildman–Crippen LogP) is 4.54. The van der Waals surface area contributed by atoms with Crippen molar-refractivity contribution in [1.29, 1.82) is 0 Å². The first-order valence-corrected chi connectivity index (χ1v) is 13.3. The lowest BCUT2D eigenvalue weighted by atomic mass is 9.74. The normalized spacial score (nSPS) is 23.6. The maximum absolute atomic E-state index is 13.8. The van der Waals surface area contributed by atoms with Gasteiger partial charge in [0.05, 0.1) is 18.1 Å². The Morgan fingerprint density at radius 3 is 2.41 bits per heavy atom. The van der Waals surface area contributed by atoms with Gasteiger partial charge in [0.15, 0.2) is 0 Å². The van der Waals surface area contributed by atoms with Crippen molar-refractivity contribution in [2.24, 2.45) is 17.1 Å². The molecule has 0 radical (unpaired) electrons. The van der Waals surface area contributed by atoms with Gasteiger partial charge in [-0.3, -0.25) is 9.36 Å². The summed E-state index contributed by atoms with van der Waals surface area (Å²) in [6, 6.07) is 21.8. The first kappa shape index (κ1) is 25.2.